The summed E-state index contributed by atoms with van der Waals surface area (Å²) in [6.07, 6.45) is 4.54. The van der Waals surface area contributed by atoms with Crippen LogP contribution < -0.4 is 10.6 Å². The van der Waals surface area contributed by atoms with Crippen LogP contribution in [0.1, 0.15) is 26.3 Å². The van der Waals surface area contributed by atoms with Gasteiger partial charge >= 0.3 is 6.03 Å². The van der Waals surface area contributed by atoms with Crippen molar-refractivity contribution in [3.63, 3.8) is 0 Å². The fourth-order valence-electron chi connectivity index (χ4n) is 2.88. The Hall–Kier alpha value is -4.08. The number of anilines is 1. The van der Waals surface area contributed by atoms with E-state index in [0.29, 0.717) is 17.1 Å². The summed E-state index contributed by atoms with van der Waals surface area (Å²) < 4.78 is 1.51. The van der Waals surface area contributed by atoms with Gasteiger partial charge in [0.1, 0.15) is 12.7 Å². The molecule has 28 heavy (non-hydrogen) atoms. The predicted molar refractivity (Wildman–Crippen MR) is 97.9 cm³/mol. The molecule has 4 rings (SSSR count). The molecule has 1 aliphatic rings. The van der Waals surface area contributed by atoms with Crippen LogP contribution >= 0.6 is 0 Å². The monoisotopic (exact) mass is 377 g/mol. The highest BCUT2D eigenvalue weighted by Crippen LogP contribution is 2.24. The van der Waals surface area contributed by atoms with E-state index in [1.54, 1.807) is 18.3 Å². The van der Waals surface area contributed by atoms with E-state index in [0.717, 1.165) is 10.5 Å². The first-order valence-corrected chi connectivity index (χ1v) is 8.35. The Morgan fingerprint density at radius 3 is 2.75 bits per heavy atom. The maximum Gasteiger partial charge on any atom is 0.319 e. The van der Waals surface area contributed by atoms with E-state index >= 15 is 0 Å². The van der Waals surface area contributed by atoms with Gasteiger partial charge in [0.15, 0.2) is 5.82 Å². The number of benzene rings is 1. The minimum absolute atomic E-state index is 0.208. The number of amides is 4. The van der Waals surface area contributed by atoms with Crippen LogP contribution in [0.4, 0.5) is 10.5 Å². The summed E-state index contributed by atoms with van der Waals surface area (Å²) in [5, 5.41) is 9.44. The zero-order valence-electron chi connectivity index (χ0n) is 14.8. The average molecular weight is 377 g/mol. The van der Waals surface area contributed by atoms with Gasteiger partial charge in [0, 0.05) is 31.0 Å². The number of rotatable bonds is 4. The zero-order chi connectivity index (χ0) is 19.7. The van der Waals surface area contributed by atoms with Crippen molar-refractivity contribution < 1.29 is 14.4 Å². The summed E-state index contributed by atoms with van der Waals surface area (Å²) in [7, 11) is 1.42. The molecule has 0 aliphatic carbocycles. The third-order valence-electron chi connectivity index (χ3n) is 4.29. The van der Waals surface area contributed by atoms with E-state index in [2.05, 4.69) is 25.7 Å². The van der Waals surface area contributed by atoms with Crippen molar-refractivity contribution in [1.29, 1.82) is 0 Å². The molecule has 2 N–H and O–H groups in total. The molecule has 0 bridgehead atoms. The number of imide groups is 1. The first-order chi connectivity index (χ1) is 13.5. The number of aromatic nitrogens is 4. The molecule has 3 aromatic rings. The highest BCUT2D eigenvalue weighted by atomic mass is 16.2. The second-order valence-corrected chi connectivity index (χ2v) is 6.06. The minimum atomic E-state index is -0.460. The van der Waals surface area contributed by atoms with Crippen molar-refractivity contribution in [2.45, 2.75) is 6.54 Å². The van der Waals surface area contributed by atoms with Crippen molar-refractivity contribution in [2.24, 2.45) is 0 Å². The molecule has 0 atom stereocenters. The van der Waals surface area contributed by atoms with Crippen LogP contribution in [0.25, 0.3) is 5.82 Å². The summed E-state index contributed by atoms with van der Waals surface area (Å²) in [6, 6.07) is 7.71. The Bertz CT molecular complexity index is 1080. The lowest BCUT2D eigenvalue weighted by atomic mass is 10.1. The Labute approximate surface area is 159 Å². The van der Waals surface area contributed by atoms with Crippen LogP contribution in [0.15, 0.2) is 49.2 Å². The van der Waals surface area contributed by atoms with Gasteiger partial charge in [-0.3, -0.25) is 14.5 Å². The molecule has 3 heterocycles. The highest BCUT2D eigenvalue weighted by molar-refractivity contribution is 6.21. The van der Waals surface area contributed by atoms with Crippen LogP contribution in [0.5, 0.6) is 0 Å². The first-order valence-electron chi connectivity index (χ1n) is 8.35. The van der Waals surface area contributed by atoms with Crippen molar-refractivity contribution in [2.75, 3.05) is 12.4 Å². The number of urea groups is 1. The average Bonchev–Trinajstić information content (AvgIpc) is 3.31. The molecular weight excluding hydrogens is 362 g/mol. The molecule has 0 saturated carbocycles. The molecule has 1 aromatic carbocycles. The SMILES string of the molecule is CN1C(=O)c2ccc(NC(=O)NCc3cccnc3-n3cncn3)cc2C1=O. The van der Waals surface area contributed by atoms with Gasteiger partial charge in [0.05, 0.1) is 11.1 Å². The first kappa shape index (κ1) is 17.3. The van der Waals surface area contributed by atoms with Crippen LogP contribution in [-0.4, -0.2) is 49.5 Å². The third kappa shape index (κ3) is 3.07. The van der Waals surface area contributed by atoms with Gasteiger partial charge in [-0.1, -0.05) is 6.07 Å². The van der Waals surface area contributed by atoms with Crippen molar-refractivity contribution >= 4 is 23.5 Å². The summed E-state index contributed by atoms with van der Waals surface area (Å²) >= 11 is 0. The van der Waals surface area contributed by atoms with Crippen molar-refractivity contribution in [3.05, 3.63) is 65.9 Å². The van der Waals surface area contributed by atoms with E-state index < -0.39 is 11.9 Å². The lowest BCUT2D eigenvalue weighted by Gasteiger charge is -2.10. The Balaban J connectivity index is 1.44. The van der Waals surface area contributed by atoms with Gasteiger partial charge in [0.2, 0.25) is 0 Å². The second kappa shape index (κ2) is 6.91. The van der Waals surface area contributed by atoms with Gasteiger partial charge in [-0.2, -0.15) is 5.10 Å². The van der Waals surface area contributed by atoms with E-state index in [-0.39, 0.29) is 18.0 Å². The fourth-order valence-corrected chi connectivity index (χ4v) is 2.88. The topological polar surface area (TPSA) is 122 Å². The van der Waals surface area contributed by atoms with Gasteiger partial charge in [-0.05, 0) is 24.3 Å². The summed E-state index contributed by atoms with van der Waals surface area (Å²) in [5.41, 5.74) is 1.76. The maximum absolute atomic E-state index is 12.3. The number of pyridine rings is 1. The van der Waals surface area contributed by atoms with Gasteiger partial charge in [-0.25, -0.2) is 19.4 Å². The lowest BCUT2D eigenvalue weighted by Crippen LogP contribution is -2.29. The molecule has 10 nitrogen and oxygen atoms in total. The van der Waals surface area contributed by atoms with Crippen LogP contribution in [-0.2, 0) is 6.54 Å². The molecular formula is C18H15N7O3. The number of nitrogens with one attached hydrogen (secondary N) is 2. The quantitative estimate of drug-likeness (QED) is 0.659. The van der Waals surface area contributed by atoms with Crippen LogP contribution in [0.2, 0.25) is 0 Å². The molecule has 0 fully saturated rings. The van der Waals surface area contributed by atoms with E-state index in [4.69, 9.17) is 0 Å². The molecule has 2 aromatic heterocycles. The second-order valence-electron chi connectivity index (χ2n) is 6.06. The molecule has 4 amide bonds. The van der Waals surface area contributed by atoms with E-state index in [9.17, 15) is 14.4 Å². The van der Waals surface area contributed by atoms with Crippen LogP contribution in [0, 0.1) is 0 Å². The standard InChI is InChI=1S/C18H15N7O3/c1-24-16(26)13-5-4-12(7-14(13)17(24)27)23-18(28)21-8-11-3-2-6-20-15(11)25-10-19-9-22-25/h2-7,9-10H,8H2,1H3,(H2,21,23,28). The van der Waals surface area contributed by atoms with Gasteiger partial charge in [-0.15, -0.1) is 0 Å². The number of fused-ring (bicyclic) bond motifs is 1. The molecule has 140 valence electrons. The third-order valence-corrected chi connectivity index (χ3v) is 4.29. The Morgan fingerprint density at radius 1 is 1.14 bits per heavy atom. The summed E-state index contributed by atoms with van der Waals surface area (Å²) in [6.45, 7) is 0.208. The number of hydrogen-bond acceptors (Lipinski definition) is 6. The van der Waals surface area contributed by atoms with Crippen LogP contribution in [0.3, 0.4) is 0 Å². The van der Waals surface area contributed by atoms with E-state index in [1.165, 1.54) is 36.5 Å². The Morgan fingerprint density at radius 2 is 1.96 bits per heavy atom. The van der Waals surface area contributed by atoms with E-state index in [1.807, 2.05) is 6.07 Å². The number of carbonyl (C=O) groups excluding carboxylic acids is 3. The molecule has 1 aliphatic heterocycles. The van der Waals surface area contributed by atoms with Crippen molar-refractivity contribution in [3.8, 4) is 5.82 Å². The number of carbonyl (C=O) groups is 3. The number of hydrogen-bond donors (Lipinski definition) is 2. The maximum atomic E-state index is 12.3. The molecule has 0 saturated heterocycles. The normalized spacial score (nSPS) is 12.8. The highest BCUT2D eigenvalue weighted by Gasteiger charge is 2.32. The van der Waals surface area contributed by atoms with Gasteiger partial charge in [0.25, 0.3) is 11.8 Å². The van der Waals surface area contributed by atoms with Gasteiger partial charge < -0.3 is 10.6 Å². The number of nitrogens with zero attached hydrogens (tertiary/aromatic N) is 5. The summed E-state index contributed by atoms with van der Waals surface area (Å²) in [5.74, 6) is -0.185. The Kier molecular flexibility index (Phi) is 4.28. The van der Waals surface area contributed by atoms with Crippen molar-refractivity contribution in [1.82, 2.24) is 30.0 Å². The zero-order valence-corrected chi connectivity index (χ0v) is 14.8. The molecule has 0 radical (unpaired) electrons. The lowest BCUT2D eigenvalue weighted by molar-refractivity contribution is 0.0693. The summed E-state index contributed by atoms with van der Waals surface area (Å²) in [4.78, 5) is 45.4. The molecule has 10 heteroatoms. The largest absolute Gasteiger partial charge is 0.334 e. The molecule has 0 spiro atoms. The minimum Gasteiger partial charge on any atom is -0.334 e. The molecule has 0 unspecified atom stereocenters. The smallest absolute Gasteiger partial charge is 0.319 e. The predicted octanol–water partition coefficient (Wildman–Crippen LogP) is 1.21. The fraction of sp³-hybridized carbons (Fsp3) is 0.111.